The first-order chi connectivity index (χ1) is 10.9. The first-order valence-electron chi connectivity index (χ1n) is 6.56. The number of hydrogen-bond donors (Lipinski definition) is 1. The van der Waals surface area contributed by atoms with E-state index >= 15 is 0 Å². The molecule has 23 heavy (non-hydrogen) atoms. The number of pyridine rings is 1. The van der Waals surface area contributed by atoms with Crippen LogP contribution in [0.15, 0.2) is 41.3 Å². The van der Waals surface area contributed by atoms with Crippen molar-refractivity contribution < 1.29 is 9.72 Å². The van der Waals surface area contributed by atoms with Crippen LogP contribution in [0, 0.1) is 28.4 Å². The van der Waals surface area contributed by atoms with Crippen LogP contribution >= 0.6 is 0 Å². The van der Waals surface area contributed by atoms with Crippen molar-refractivity contribution in [2.75, 3.05) is 5.32 Å². The van der Waals surface area contributed by atoms with Gasteiger partial charge in [-0.05, 0) is 19.1 Å². The SMILES string of the molecule is Cc1ccc(NC(=O)Cn2cc([N+](=O)[O-])cc(C#N)c2=O)cc1. The Labute approximate surface area is 130 Å². The predicted molar refractivity (Wildman–Crippen MR) is 81.9 cm³/mol. The summed E-state index contributed by atoms with van der Waals surface area (Å²) in [6.07, 6.45) is 0.942. The standard InChI is InChI=1S/C15H12N4O4/c1-10-2-4-12(5-3-10)17-14(20)9-18-8-13(19(22)23)6-11(7-16)15(18)21/h2-6,8H,9H2,1H3,(H,17,20). The molecule has 2 aromatic rings. The van der Waals surface area contributed by atoms with Crippen LogP contribution in [-0.2, 0) is 11.3 Å². The fraction of sp³-hybridized carbons (Fsp3) is 0.133. The van der Waals surface area contributed by atoms with Gasteiger partial charge >= 0.3 is 0 Å². The van der Waals surface area contributed by atoms with Gasteiger partial charge in [0.25, 0.3) is 11.2 Å². The van der Waals surface area contributed by atoms with Crippen molar-refractivity contribution in [2.45, 2.75) is 13.5 Å². The van der Waals surface area contributed by atoms with E-state index in [-0.39, 0.29) is 5.56 Å². The lowest BCUT2D eigenvalue weighted by Gasteiger charge is -2.08. The van der Waals surface area contributed by atoms with Crippen LogP contribution in [0.3, 0.4) is 0 Å². The predicted octanol–water partition coefficient (Wildman–Crippen LogP) is 1.58. The Morgan fingerprint density at radius 3 is 2.61 bits per heavy atom. The van der Waals surface area contributed by atoms with Gasteiger partial charge in [-0.25, -0.2) is 0 Å². The summed E-state index contributed by atoms with van der Waals surface area (Å²) < 4.78 is 0.847. The van der Waals surface area contributed by atoms with Gasteiger partial charge in [0.1, 0.15) is 18.2 Å². The highest BCUT2D eigenvalue weighted by Crippen LogP contribution is 2.11. The lowest BCUT2D eigenvalue weighted by molar-refractivity contribution is -0.385. The molecule has 1 amide bonds. The summed E-state index contributed by atoms with van der Waals surface area (Å²) in [4.78, 5) is 34.0. The van der Waals surface area contributed by atoms with Gasteiger partial charge in [0.15, 0.2) is 0 Å². The number of benzene rings is 1. The van der Waals surface area contributed by atoms with E-state index in [2.05, 4.69) is 5.32 Å². The number of nitro groups is 1. The largest absolute Gasteiger partial charge is 0.325 e. The number of nitrogens with one attached hydrogen (secondary N) is 1. The fourth-order valence-corrected chi connectivity index (χ4v) is 1.91. The minimum atomic E-state index is -0.753. The third-order valence-electron chi connectivity index (χ3n) is 3.05. The molecule has 1 N–H and O–H groups in total. The van der Waals surface area contributed by atoms with Crippen molar-refractivity contribution in [2.24, 2.45) is 0 Å². The summed E-state index contributed by atoms with van der Waals surface area (Å²) in [5, 5.41) is 22.3. The van der Waals surface area contributed by atoms with Crippen molar-refractivity contribution in [3.63, 3.8) is 0 Å². The average molecular weight is 312 g/mol. The van der Waals surface area contributed by atoms with E-state index in [0.717, 1.165) is 22.4 Å². The molecule has 116 valence electrons. The molecule has 0 aliphatic heterocycles. The summed E-state index contributed by atoms with van der Waals surface area (Å²) in [5.74, 6) is -0.527. The van der Waals surface area contributed by atoms with E-state index in [1.54, 1.807) is 18.2 Å². The molecule has 1 heterocycles. The number of aromatic nitrogens is 1. The molecule has 8 nitrogen and oxygen atoms in total. The molecule has 0 fully saturated rings. The smallest absolute Gasteiger partial charge is 0.287 e. The van der Waals surface area contributed by atoms with Crippen LogP contribution in [0.1, 0.15) is 11.1 Å². The molecule has 0 aliphatic carbocycles. The van der Waals surface area contributed by atoms with Crippen molar-refractivity contribution in [1.82, 2.24) is 4.57 Å². The Hall–Kier alpha value is -3.47. The fourth-order valence-electron chi connectivity index (χ4n) is 1.91. The van der Waals surface area contributed by atoms with Gasteiger partial charge in [-0.15, -0.1) is 0 Å². The third-order valence-corrected chi connectivity index (χ3v) is 3.05. The molecule has 0 spiro atoms. The number of carbonyl (C=O) groups excluding carboxylic acids is 1. The van der Waals surface area contributed by atoms with Crippen LogP contribution in [0.25, 0.3) is 0 Å². The Morgan fingerprint density at radius 2 is 2.04 bits per heavy atom. The Bertz CT molecular complexity index is 863. The second-order valence-corrected chi connectivity index (χ2v) is 4.83. The molecule has 8 heteroatoms. The van der Waals surface area contributed by atoms with E-state index < -0.39 is 28.6 Å². The Morgan fingerprint density at radius 1 is 1.39 bits per heavy atom. The number of amides is 1. The number of anilines is 1. The van der Waals surface area contributed by atoms with Crippen LogP contribution < -0.4 is 10.9 Å². The Balaban J connectivity index is 2.25. The van der Waals surface area contributed by atoms with E-state index in [4.69, 9.17) is 5.26 Å². The molecule has 1 aromatic heterocycles. The van der Waals surface area contributed by atoms with Crippen LogP contribution in [0.5, 0.6) is 0 Å². The monoisotopic (exact) mass is 312 g/mol. The van der Waals surface area contributed by atoms with E-state index in [9.17, 15) is 19.7 Å². The lowest BCUT2D eigenvalue weighted by Crippen LogP contribution is -2.29. The molecule has 1 aromatic carbocycles. The first kappa shape index (κ1) is 15.9. The molecule has 0 saturated carbocycles. The quantitative estimate of drug-likeness (QED) is 0.679. The van der Waals surface area contributed by atoms with Gasteiger partial charge in [-0.1, -0.05) is 17.7 Å². The summed E-state index contributed by atoms with van der Waals surface area (Å²) in [5.41, 5.74) is -0.0000658. The Kier molecular flexibility index (Phi) is 4.52. The van der Waals surface area contributed by atoms with Gasteiger partial charge in [0, 0.05) is 11.8 Å². The van der Waals surface area contributed by atoms with Gasteiger partial charge in [-0.2, -0.15) is 5.26 Å². The van der Waals surface area contributed by atoms with E-state index in [0.29, 0.717) is 5.69 Å². The molecule has 0 saturated heterocycles. The average Bonchev–Trinajstić information content (AvgIpc) is 2.51. The maximum atomic E-state index is 12.0. The van der Waals surface area contributed by atoms with Crippen LogP contribution in [0.2, 0.25) is 0 Å². The first-order valence-corrected chi connectivity index (χ1v) is 6.56. The maximum absolute atomic E-state index is 12.0. The second kappa shape index (κ2) is 6.53. The molecule has 0 atom stereocenters. The van der Waals surface area contributed by atoms with Gasteiger partial charge in [0.2, 0.25) is 5.91 Å². The topological polar surface area (TPSA) is 118 Å². The normalized spacial score (nSPS) is 9.91. The lowest BCUT2D eigenvalue weighted by atomic mass is 10.2. The minimum absolute atomic E-state index is 0.387. The summed E-state index contributed by atoms with van der Waals surface area (Å²) in [7, 11) is 0. The van der Waals surface area contributed by atoms with Gasteiger partial charge < -0.3 is 5.32 Å². The molecule has 0 bridgehead atoms. The summed E-state index contributed by atoms with van der Waals surface area (Å²) >= 11 is 0. The highest BCUT2D eigenvalue weighted by atomic mass is 16.6. The van der Waals surface area contributed by atoms with Gasteiger partial charge in [0.05, 0.1) is 11.1 Å². The van der Waals surface area contributed by atoms with E-state index in [1.165, 1.54) is 0 Å². The molecule has 2 rings (SSSR count). The van der Waals surface area contributed by atoms with Crippen LogP contribution in [0.4, 0.5) is 11.4 Å². The molecule has 0 unspecified atom stereocenters. The number of nitrogens with zero attached hydrogens (tertiary/aromatic N) is 3. The number of carbonyl (C=O) groups is 1. The number of aryl methyl sites for hydroxylation is 1. The summed E-state index contributed by atoms with van der Waals surface area (Å²) in [6.45, 7) is 1.47. The number of rotatable bonds is 4. The summed E-state index contributed by atoms with van der Waals surface area (Å²) in [6, 6.07) is 9.49. The third kappa shape index (κ3) is 3.79. The van der Waals surface area contributed by atoms with Crippen LogP contribution in [-0.4, -0.2) is 15.4 Å². The van der Waals surface area contributed by atoms with E-state index in [1.807, 2.05) is 19.1 Å². The molecule has 0 aliphatic rings. The minimum Gasteiger partial charge on any atom is -0.325 e. The molecule has 0 radical (unpaired) electrons. The van der Waals surface area contributed by atoms with Crippen molar-refractivity contribution in [3.05, 3.63) is 68.1 Å². The molecular formula is C15H12N4O4. The highest BCUT2D eigenvalue weighted by Gasteiger charge is 2.15. The zero-order chi connectivity index (χ0) is 17.0. The zero-order valence-corrected chi connectivity index (χ0v) is 12.1. The zero-order valence-electron chi connectivity index (χ0n) is 12.1. The van der Waals surface area contributed by atoms with Gasteiger partial charge in [-0.3, -0.25) is 24.3 Å². The number of hydrogen-bond acceptors (Lipinski definition) is 5. The molecular weight excluding hydrogens is 300 g/mol. The highest BCUT2D eigenvalue weighted by molar-refractivity contribution is 5.90. The second-order valence-electron chi connectivity index (χ2n) is 4.83. The van der Waals surface area contributed by atoms with Crippen molar-refractivity contribution in [3.8, 4) is 6.07 Å². The van der Waals surface area contributed by atoms with Crippen molar-refractivity contribution in [1.29, 1.82) is 5.26 Å². The van der Waals surface area contributed by atoms with Crippen molar-refractivity contribution >= 4 is 17.3 Å². The number of nitriles is 1. The maximum Gasteiger partial charge on any atom is 0.287 e.